The van der Waals surface area contributed by atoms with Crippen molar-refractivity contribution in [1.29, 1.82) is 0 Å². The fourth-order valence-corrected chi connectivity index (χ4v) is 2.87. The Labute approximate surface area is 112 Å². The third-order valence-electron chi connectivity index (χ3n) is 3.06. The molecule has 2 aromatic rings. The Morgan fingerprint density at radius 1 is 1.17 bits per heavy atom. The smallest absolute Gasteiger partial charge is 0.160 e. The monoisotopic (exact) mass is 261 g/mol. The van der Waals surface area contributed by atoms with Crippen LogP contribution in [0.1, 0.15) is 34.0 Å². The van der Waals surface area contributed by atoms with E-state index < -0.39 is 6.23 Å². The van der Waals surface area contributed by atoms with Gasteiger partial charge in [0, 0.05) is 10.6 Å². The highest BCUT2D eigenvalue weighted by Gasteiger charge is 2.12. The average molecular weight is 261 g/mol. The van der Waals surface area contributed by atoms with Crippen molar-refractivity contribution in [2.45, 2.75) is 33.4 Å². The van der Waals surface area contributed by atoms with Crippen LogP contribution in [0.25, 0.3) is 0 Å². The second-order valence-corrected chi connectivity index (χ2v) is 5.67. The fourth-order valence-electron chi connectivity index (χ4n) is 1.98. The molecule has 1 heterocycles. The number of aliphatic hydroxyl groups excluding tert-OH is 1. The molecule has 3 heteroatoms. The van der Waals surface area contributed by atoms with Gasteiger partial charge in [0.15, 0.2) is 6.23 Å². The molecule has 2 nitrogen and oxygen atoms in total. The third kappa shape index (κ3) is 2.74. The number of aryl methyl sites for hydroxylation is 3. The molecular weight excluding hydrogens is 242 g/mol. The van der Waals surface area contributed by atoms with E-state index in [9.17, 15) is 5.11 Å². The SMILES string of the molecule is CCc1ccc(C(O)Nc2c(C)cccc2C)s1. The van der Waals surface area contributed by atoms with Gasteiger partial charge in [-0.15, -0.1) is 11.3 Å². The largest absolute Gasteiger partial charge is 0.369 e. The zero-order chi connectivity index (χ0) is 13.1. The number of thiophene rings is 1. The van der Waals surface area contributed by atoms with Gasteiger partial charge < -0.3 is 10.4 Å². The first kappa shape index (κ1) is 13.1. The Bertz CT molecular complexity index is 513. The summed E-state index contributed by atoms with van der Waals surface area (Å²) in [7, 11) is 0. The summed E-state index contributed by atoms with van der Waals surface area (Å²) in [6.07, 6.45) is 0.385. The maximum absolute atomic E-state index is 10.2. The van der Waals surface area contributed by atoms with Crippen LogP contribution in [0.5, 0.6) is 0 Å². The van der Waals surface area contributed by atoms with Crippen molar-refractivity contribution >= 4 is 17.0 Å². The molecular formula is C15H19NOS. The van der Waals surface area contributed by atoms with E-state index in [2.05, 4.69) is 18.3 Å². The Hall–Kier alpha value is -1.32. The van der Waals surface area contributed by atoms with Gasteiger partial charge in [0.25, 0.3) is 0 Å². The highest BCUT2D eigenvalue weighted by atomic mass is 32.1. The van der Waals surface area contributed by atoms with Crippen molar-refractivity contribution < 1.29 is 5.11 Å². The van der Waals surface area contributed by atoms with E-state index in [0.717, 1.165) is 28.1 Å². The zero-order valence-electron chi connectivity index (χ0n) is 11.0. The molecule has 0 bridgehead atoms. The number of para-hydroxylation sites is 1. The van der Waals surface area contributed by atoms with Gasteiger partial charge >= 0.3 is 0 Å². The molecule has 0 spiro atoms. The van der Waals surface area contributed by atoms with Crippen molar-refractivity contribution in [1.82, 2.24) is 0 Å². The van der Waals surface area contributed by atoms with Crippen molar-refractivity contribution in [2.75, 3.05) is 5.32 Å². The van der Waals surface area contributed by atoms with Gasteiger partial charge in [-0.05, 0) is 43.5 Å². The van der Waals surface area contributed by atoms with Crippen LogP contribution in [-0.4, -0.2) is 5.11 Å². The van der Waals surface area contributed by atoms with Gasteiger partial charge in [-0.3, -0.25) is 0 Å². The van der Waals surface area contributed by atoms with E-state index in [4.69, 9.17) is 0 Å². The van der Waals surface area contributed by atoms with E-state index in [1.54, 1.807) is 11.3 Å². The van der Waals surface area contributed by atoms with Gasteiger partial charge in [-0.1, -0.05) is 25.1 Å². The molecule has 0 aliphatic rings. The molecule has 1 atom stereocenters. The minimum Gasteiger partial charge on any atom is -0.369 e. The molecule has 0 aliphatic heterocycles. The minimum atomic E-state index is -0.630. The molecule has 0 amide bonds. The lowest BCUT2D eigenvalue weighted by molar-refractivity contribution is 0.212. The van der Waals surface area contributed by atoms with E-state index in [-0.39, 0.29) is 0 Å². The van der Waals surface area contributed by atoms with Gasteiger partial charge in [-0.2, -0.15) is 0 Å². The fraction of sp³-hybridized carbons (Fsp3) is 0.333. The highest BCUT2D eigenvalue weighted by molar-refractivity contribution is 7.12. The van der Waals surface area contributed by atoms with Crippen molar-refractivity contribution in [3.05, 3.63) is 51.2 Å². The van der Waals surface area contributed by atoms with Crippen LogP contribution in [0.3, 0.4) is 0 Å². The first-order valence-electron chi connectivity index (χ1n) is 6.21. The normalized spacial score (nSPS) is 12.4. The number of nitrogens with one attached hydrogen (secondary N) is 1. The van der Waals surface area contributed by atoms with E-state index >= 15 is 0 Å². The maximum Gasteiger partial charge on any atom is 0.160 e. The van der Waals surface area contributed by atoms with Gasteiger partial charge in [0.05, 0.1) is 4.88 Å². The third-order valence-corrected chi connectivity index (χ3v) is 4.34. The number of rotatable bonds is 4. The molecule has 2 rings (SSSR count). The average Bonchev–Trinajstić information content (AvgIpc) is 2.82. The Kier molecular flexibility index (Phi) is 4.04. The number of aliphatic hydroxyl groups is 1. The van der Waals surface area contributed by atoms with Crippen molar-refractivity contribution in [3.63, 3.8) is 0 Å². The van der Waals surface area contributed by atoms with E-state index in [1.807, 2.05) is 38.1 Å². The molecule has 0 radical (unpaired) electrons. The number of benzene rings is 1. The topological polar surface area (TPSA) is 32.3 Å². The van der Waals surface area contributed by atoms with Crippen molar-refractivity contribution in [2.24, 2.45) is 0 Å². The standard InChI is InChI=1S/C15H19NOS/c1-4-12-8-9-13(18-12)15(17)16-14-10(2)6-5-7-11(14)3/h5-9,15-17H,4H2,1-3H3. The summed E-state index contributed by atoms with van der Waals surface area (Å²) in [5.74, 6) is 0. The zero-order valence-corrected chi connectivity index (χ0v) is 11.8. The van der Waals surface area contributed by atoms with Crippen LogP contribution >= 0.6 is 11.3 Å². The Morgan fingerprint density at radius 2 is 1.83 bits per heavy atom. The maximum atomic E-state index is 10.2. The molecule has 18 heavy (non-hydrogen) atoms. The number of anilines is 1. The molecule has 0 fully saturated rings. The number of hydrogen-bond acceptors (Lipinski definition) is 3. The Balaban J connectivity index is 2.18. The lowest BCUT2D eigenvalue weighted by Crippen LogP contribution is -2.10. The van der Waals surface area contributed by atoms with Gasteiger partial charge in [0.2, 0.25) is 0 Å². The molecule has 0 aliphatic carbocycles. The molecule has 0 saturated carbocycles. The molecule has 1 unspecified atom stereocenters. The van der Waals surface area contributed by atoms with Gasteiger partial charge in [-0.25, -0.2) is 0 Å². The van der Waals surface area contributed by atoms with Crippen molar-refractivity contribution in [3.8, 4) is 0 Å². The van der Waals surface area contributed by atoms with Crippen LogP contribution in [0.4, 0.5) is 5.69 Å². The second-order valence-electron chi connectivity index (χ2n) is 4.47. The molecule has 96 valence electrons. The molecule has 0 saturated heterocycles. The minimum absolute atomic E-state index is 0.630. The predicted molar refractivity (Wildman–Crippen MR) is 78.2 cm³/mol. The molecule has 1 aromatic carbocycles. The summed E-state index contributed by atoms with van der Waals surface area (Å²) in [5.41, 5.74) is 3.33. The molecule has 1 aromatic heterocycles. The van der Waals surface area contributed by atoms with Crippen LogP contribution in [0.2, 0.25) is 0 Å². The summed E-state index contributed by atoms with van der Waals surface area (Å²) in [6.45, 7) is 6.23. The second kappa shape index (κ2) is 5.55. The summed E-state index contributed by atoms with van der Waals surface area (Å²) in [4.78, 5) is 2.27. The first-order chi connectivity index (χ1) is 8.61. The summed E-state index contributed by atoms with van der Waals surface area (Å²) in [5, 5.41) is 13.4. The first-order valence-corrected chi connectivity index (χ1v) is 7.03. The van der Waals surface area contributed by atoms with Crippen LogP contribution in [-0.2, 0) is 6.42 Å². The van der Waals surface area contributed by atoms with E-state index in [0.29, 0.717) is 0 Å². The van der Waals surface area contributed by atoms with E-state index in [1.165, 1.54) is 4.88 Å². The summed E-state index contributed by atoms with van der Waals surface area (Å²) in [6, 6.07) is 10.2. The summed E-state index contributed by atoms with van der Waals surface area (Å²) >= 11 is 1.66. The molecule has 2 N–H and O–H groups in total. The highest BCUT2D eigenvalue weighted by Crippen LogP contribution is 2.28. The van der Waals surface area contributed by atoms with Gasteiger partial charge in [0.1, 0.15) is 0 Å². The Morgan fingerprint density at radius 3 is 2.39 bits per heavy atom. The quantitative estimate of drug-likeness (QED) is 0.814. The van der Waals surface area contributed by atoms with Crippen LogP contribution in [0, 0.1) is 13.8 Å². The predicted octanol–water partition coefficient (Wildman–Crippen LogP) is 4.03. The lowest BCUT2D eigenvalue weighted by atomic mass is 10.1. The lowest BCUT2D eigenvalue weighted by Gasteiger charge is -2.17. The van der Waals surface area contributed by atoms with Crippen LogP contribution < -0.4 is 5.32 Å². The summed E-state index contributed by atoms with van der Waals surface area (Å²) < 4.78 is 0. The number of hydrogen-bond donors (Lipinski definition) is 2. The van der Waals surface area contributed by atoms with Crippen LogP contribution in [0.15, 0.2) is 30.3 Å².